The molecule has 2 aliphatic rings. The number of hydrogen-bond acceptors (Lipinski definition) is 3. The lowest BCUT2D eigenvalue weighted by Crippen LogP contribution is -2.22. The SMILES string of the molecule is O=C1CCc2cc(OCCCN3CCCC3)ccc2N1. The average Bonchev–Trinajstić information content (AvgIpc) is 2.97. The number of ether oxygens (including phenoxy) is 1. The van der Waals surface area contributed by atoms with Crippen LogP contribution in [0.25, 0.3) is 0 Å². The maximum atomic E-state index is 11.3. The monoisotopic (exact) mass is 274 g/mol. The third kappa shape index (κ3) is 3.31. The normalized spacial score (nSPS) is 18.7. The molecule has 1 amide bonds. The van der Waals surface area contributed by atoms with Crippen LogP contribution in [0.15, 0.2) is 18.2 Å². The minimum atomic E-state index is 0.108. The molecule has 4 heteroatoms. The Kier molecular flexibility index (Phi) is 4.21. The summed E-state index contributed by atoms with van der Waals surface area (Å²) in [6.07, 6.45) is 5.15. The van der Waals surface area contributed by atoms with Crippen molar-refractivity contribution in [1.29, 1.82) is 0 Å². The Morgan fingerprint density at radius 2 is 2.05 bits per heavy atom. The van der Waals surface area contributed by atoms with Crippen molar-refractivity contribution in [1.82, 2.24) is 4.90 Å². The molecule has 0 spiro atoms. The van der Waals surface area contributed by atoms with E-state index in [0.29, 0.717) is 6.42 Å². The molecule has 0 unspecified atom stereocenters. The number of nitrogens with one attached hydrogen (secondary N) is 1. The molecular formula is C16H22N2O2. The van der Waals surface area contributed by atoms with Gasteiger partial charge in [-0.15, -0.1) is 0 Å². The van der Waals surface area contributed by atoms with Gasteiger partial charge in [-0.1, -0.05) is 0 Å². The molecule has 0 saturated carbocycles. The van der Waals surface area contributed by atoms with Gasteiger partial charge in [0.2, 0.25) is 5.91 Å². The summed E-state index contributed by atoms with van der Waals surface area (Å²) < 4.78 is 5.82. The topological polar surface area (TPSA) is 41.6 Å². The number of hydrogen-bond donors (Lipinski definition) is 1. The summed E-state index contributed by atoms with van der Waals surface area (Å²) in [5, 5.41) is 2.89. The Morgan fingerprint density at radius 1 is 1.20 bits per heavy atom. The first-order valence-corrected chi connectivity index (χ1v) is 7.59. The molecule has 1 N–H and O–H groups in total. The van der Waals surface area contributed by atoms with E-state index in [-0.39, 0.29) is 5.91 Å². The first kappa shape index (κ1) is 13.4. The van der Waals surface area contributed by atoms with Crippen molar-refractivity contribution in [3.05, 3.63) is 23.8 Å². The Hall–Kier alpha value is -1.55. The van der Waals surface area contributed by atoms with Crippen molar-refractivity contribution in [2.24, 2.45) is 0 Å². The summed E-state index contributed by atoms with van der Waals surface area (Å²) in [5.41, 5.74) is 2.12. The van der Waals surface area contributed by atoms with Crippen LogP contribution in [0.2, 0.25) is 0 Å². The smallest absolute Gasteiger partial charge is 0.224 e. The third-order valence-corrected chi connectivity index (χ3v) is 4.06. The van der Waals surface area contributed by atoms with Crippen molar-refractivity contribution in [3.63, 3.8) is 0 Å². The molecule has 2 heterocycles. The summed E-state index contributed by atoms with van der Waals surface area (Å²) >= 11 is 0. The second-order valence-corrected chi connectivity index (χ2v) is 5.62. The quantitative estimate of drug-likeness (QED) is 0.839. The summed E-state index contributed by atoms with van der Waals surface area (Å²) in [5.74, 6) is 1.03. The van der Waals surface area contributed by atoms with Gasteiger partial charge in [-0.2, -0.15) is 0 Å². The predicted octanol–water partition coefficient (Wildman–Crippen LogP) is 2.44. The highest BCUT2D eigenvalue weighted by molar-refractivity contribution is 5.93. The number of aryl methyl sites for hydroxylation is 1. The van der Waals surface area contributed by atoms with E-state index in [1.807, 2.05) is 12.1 Å². The number of likely N-dealkylation sites (tertiary alicyclic amines) is 1. The number of amides is 1. The largest absolute Gasteiger partial charge is 0.494 e. The number of rotatable bonds is 5. The van der Waals surface area contributed by atoms with E-state index in [1.165, 1.54) is 31.5 Å². The molecule has 1 aromatic rings. The van der Waals surface area contributed by atoms with Crippen LogP contribution >= 0.6 is 0 Å². The zero-order chi connectivity index (χ0) is 13.8. The van der Waals surface area contributed by atoms with Crippen LogP contribution in [0.4, 0.5) is 5.69 Å². The van der Waals surface area contributed by atoms with Gasteiger partial charge in [-0.05, 0) is 62.5 Å². The highest BCUT2D eigenvalue weighted by Gasteiger charge is 2.15. The van der Waals surface area contributed by atoms with E-state index in [2.05, 4.69) is 16.3 Å². The highest BCUT2D eigenvalue weighted by atomic mass is 16.5. The first-order chi connectivity index (χ1) is 9.81. The fraction of sp³-hybridized carbons (Fsp3) is 0.562. The van der Waals surface area contributed by atoms with E-state index >= 15 is 0 Å². The van der Waals surface area contributed by atoms with Crippen molar-refractivity contribution in [2.75, 3.05) is 31.6 Å². The maximum absolute atomic E-state index is 11.3. The molecule has 108 valence electrons. The number of nitrogens with zero attached hydrogens (tertiary/aromatic N) is 1. The Bertz CT molecular complexity index is 481. The average molecular weight is 274 g/mol. The number of carbonyl (C=O) groups excluding carboxylic acids is 1. The van der Waals surface area contributed by atoms with Crippen LogP contribution in [0.5, 0.6) is 5.75 Å². The van der Waals surface area contributed by atoms with Crippen molar-refractivity contribution in [3.8, 4) is 5.75 Å². The van der Waals surface area contributed by atoms with E-state index in [1.54, 1.807) is 0 Å². The summed E-state index contributed by atoms with van der Waals surface area (Å²) in [4.78, 5) is 13.8. The number of carbonyl (C=O) groups is 1. The molecule has 3 rings (SSSR count). The fourth-order valence-corrected chi connectivity index (χ4v) is 2.93. The minimum absolute atomic E-state index is 0.108. The van der Waals surface area contributed by atoms with E-state index in [4.69, 9.17) is 4.74 Å². The minimum Gasteiger partial charge on any atom is -0.494 e. The molecule has 0 atom stereocenters. The highest BCUT2D eigenvalue weighted by Crippen LogP contribution is 2.26. The molecule has 0 aliphatic carbocycles. The van der Waals surface area contributed by atoms with Crippen LogP contribution in [-0.2, 0) is 11.2 Å². The molecule has 0 aromatic heterocycles. The first-order valence-electron chi connectivity index (χ1n) is 7.59. The second-order valence-electron chi connectivity index (χ2n) is 5.62. The number of fused-ring (bicyclic) bond motifs is 1. The molecule has 4 nitrogen and oxygen atoms in total. The van der Waals surface area contributed by atoms with Gasteiger partial charge in [0.25, 0.3) is 0 Å². The van der Waals surface area contributed by atoms with Crippen LogP contribution in [0, 0.1) is 0 Å². The predicted molar refractivity (Wildman–Crippen MR) is 79.2 cm³/mol. The van der Waals surface area contributed by atoms with Gasteiger partial charge >= 0.3 is 0 Å². The van der Waals surface area contributed by atoms with E-state index in [9.17, 15) is 4.79 Å². The molecule has 0 radical (unpaired) electrons. The number of benzene rings is 1. The lowest BCUT2D eigenvalue weighted by molar-refractivity contribution is -0.116. The lowest BCUT2D eigenvalue weighted by Gasteiger charge is -2.18. The van der Waals surface area contributed by atoms with Crippen LogP contribution < -0.4 is 10.1 Å². The van der Waals surface area contributed by atoms with Crippen molar-refractivity contribution >= 4 is 11.6 Å². The van der Waals surface area contributed by atoms with Crippen LogP contribution in [0.1, 0.15) is 31.2 Å². The van der Waals surface area contributed by atoms with Crippen molar-refractivity contribution in [2.45, 2.75) is 32.1 Å². The van der Waals surface area contributed by atoms with Crippen LogP contribution in [-0.4, -0.2) is 37.0 Å². The van der Waals surface area contributed by atoms with Gasteiger partial charge in [0, 0.05) is 18.7 Å². The van der Waals surface area contributed by atoms with Crippen LogP contribution in [0.3, 0.4) is 0 Å². The fourth-order valence-electron chi connectivity index (χ4n) is 2.93. The Morgan fingerprint density at radius 3 is 2.90 bits per heavy atom. The maximum Gasteiger partial charge on any atom is 0.224 e. The second kappa shape index (κ2) is 6.27. The molecule has 20 heavy (non-hydrogen) atoms. The summed E-state index contributed by atoms with van der Waals surface area (Å²) in [7, 11) is 0. The molecule has 2 aliphatic heterocycles. The van der Waals surface area contributed by atoms with Gasteiger partial charge in [0.15, 0.2) is 0 Å². The molecular weight excluding hydrogens is 252 g/mol. The summed E-state index contributed by atoms with van der Waals surface area (Å²) in [6, 6.07) is 5.95. The third-order valence-electron chi connectivity index (χ3n) is 4.06. The van der Waals surface area contributed by atoms with Gasteiger partial charge in [0.05, 0.1) is 6.61 Å². The molecule has 1 aromatic carbocycles. The molecule has 1 fully saturated rings. The van der Waals surface area contributed by atoms with Crippen molar-refractivity contribution < 1.29 is 9.53 Å². The Balaban J connectivity index is 1.47. The molecule has 0 bridgehead atoms. The summed E-state index contributed by atoms with van der Waals surface area (Å²) in [6.45, 7) is 4.40. The van der Waals surface area contributed by atoms with Gasteiger partial charge in [0.1, 0.15) is 5.75 Å². The van der Waals surface area contributed by atoms with E-state index < -0.39 is 0 Å². The van der Waals surface area contributed by atoms with E-state index in [0.717, 1.165) is 37.4 Å². The molecule has 1 saturated heterocycles. The Labute approximate surface area is 120 Å². The van der Waals surface area contributed by atoms with Gasteiger partial charge in [-0.3, -0.25) is 4.79 Å². The zero-order valence-corrected chi connectivity index (χ0v) is 11.9. The van der Waals surface area contributed by atoms with Gasteiger partial charge in [-0.25, -0.2) is 0 Å². The van der Waals surface area contributed by atoms with Gasteiger partial charge < -0.3 is 15.0 Å². The zero-order valence-electron chi connectivity index (χ0n) is 11.9. The lowest BCUT2D eigenvalue weighted by atomic mass is 10.0. The number of anilines is 1. The standard InChI is InChI=1S/C16H22N2O2/c19-16-7-4-13-12-14(5-6-15(13)17-16)20-11-3-10-18-8-1-2-9-18/h5-6,12H,1-4,7-11H2,(H,17,19).